The second kappa shape index (κ2) is 8.24. The maximum atomic E-state index is 12.6. The van der Waals surface area contributed by atoms with Gasteiger partial charge in [0.05, 0.1) is 29.4 Å². The number of rotatable bonds is 7. The highest BCUT2D eigenvalue weighted by atomic mass is 32.2. The molecule has 8 nitrogen and oxygen atoms in total. The summed E-state index contributed by atoms with van der Waals surface area (Å²) < 4.78 is 33.1. The summed E-state index contributed by atoms with van der Waals surface area (Å²) in [4.78, 5) is 39.6. The SMILES string of the molecule is CCOC(=O)c1c(C)[nH]c(C(=O)[C@H](C)OC(=O)C[C@H]2CCS(=O)(=O)C2)c1C. The molecule has 2 atom stereocenters. The largest absolute Gasteiger partial charge is 0.462 e. The highest BCUT2D eigenvalue weighted by Gasteiger charge is 2.32. The molecule has 0 aromatic carbocycles. The third-order valence-corrected chi connectivity index (χ3v) is 6.46. The minimum atomic E-state index is -3.07. The number of aromatic amines is 1. The first-order valence-electron chi connectivity index (χ1n) is 8.86. The highest BCUT2D eigenvalue weighted by Crippen LogP contribution is 2.23. The molecular weight excluding hydrogens is 374 g/mol. The minimum Gasteiger partial charge on any atom is -0.462 e. The molecule has 0 radical (unpaired) electrons. The first-order chi connectivity index (χ1) is 12.6. The molecule has 1 saturated heterocycles. The predicted molar refractivity (Wildman–Crippen MR) is 97.5 cm³/mol. The van der Waals surface area contributed by atoms with Crippen molar-refractivity contribution in [3.8, 4) is 0 Å². The number of hydrogen-bond donors (Lipinski definition) is 1. The number of hydrogen-bond acceptors (Lipinski definition) is 7. The quantitative estimate of drug-likeness (QED) is 0.548. The van der Waals surface area contributed by atoms with Crippen molar-refractivity contribution in [2.75, 3.05) is 18.1 Å². The summed E-state index contributed by atoms with van der Waals surface area (Å²) in [5, 5.41) is 0. The van der Waals surface area contributed by atoms with E-state index >= 15 is 0 Å². The average Bonchev–Trinajstić information content (AvgIpc) is 3.05. The summed E-state index contributed by atoms with van der Waals surface area (Å²) >= 11 is 0. The highest BCUT2D eigenvalue weighted by molar-refractivity contribution is 7.91. The molecule has 1 fully saturated rings. The van der Waals surface area contributed by atoms with E-state index in [1.165, 1.54) is 6.92 Å². The number of esters is 2. The first kappa shape index (κ1) is 21.1. The number of carbonyl (C=O) groups excluding carboxylic acids is 3. The van der Waals surface area contributed by atoms with E-state index in [1.807, 2.05) is 0 Å². The summed E-state index contributed by atoms with van der Waals surface area (Å²) in [5.74, 6) is -1.80. The molecule has 0 aliphatic carbocycles. The average molecular weight is 399 g/mol. The van der Waals surface area contributed by atoms with Gasteiger partial charge in [-0.15, -0.1) is 0 Å². The van der Waals surface area contributed by atoms with Crippen LogP contribution in [0.3, 0.4) is 0 Å². The Morgan fingerprint density at radius 2 is 1.93 bits per heavy atom. The summed E-state index contributed by atoms with van der Waals surface area (Å²) in [6, 6.07) is 0. The van der Waals surface area contributed by atoms with E-state index < -0.39 is 33.7 Å². The fraction of sp³-hybridized carbons (Fsp3) is 0.611. The van der Waals surface area contributed by atoms with E-state index in [0.717, 1.165) is 0 Å². The third kappa shape index (κ3) is 4.97. The molecule has 1 aromatic rings. The molecular formula is C18H25NO7S. The molecule has 0 spiro atoms. The number of ketones is 1. The Morgan fingerprint density at radius 1 is 1.26 bits per heavy atom. The van der Waals surface area contributed by atoms with Crippen LogP contribution in [0.1, 0.15) is 58.8 Å². The van der Waals surface area contributed by atoms with Crippen LogP contribution >= 0.6 is 0 Å². The van der Waals surface area contributed by atoms with Gasteiger partial charge in [0.15, 0.2) is 15.9 Å². The maximum Gasteiger partial charge on any atom is 0.340 e. The van der Waals surface area contributed by atoms with E-state index in [-0.39, 0.29) is 36.1 Å². The van der Waals surface area contributed by atoms with E-state index in [9.17, 15) is 22.8 Å². The molecule has 150 valence electrons. The number of aryl methyl sites for hydroxylation is 1. The summed E-state index contributed by atoms with van der Waals surface area (Å²) in [6.45, 7) is 6.65. The normalized spacial score (nSPS) is 19.5. The van der Waals surface area contributed by atoms with Gasteiger partial charge in [-0.2, -0.15) is 0 Å². The van der Waals surface area contributed by atoms with Gasteiger partial charge in [0.2, 0.25) is 5.78 Å². The fourth-order valence-electron chi connectivity index (χ4n) is 3.28. The number of ether oxygens (including phenoxy) is 2. The van der Waals surface area contributed by atoms with Crippen molar-refractivity contribution in [1.29, 1.82) is 0 Å². The lowest BCUT2D eigenvalue weighted by molar-refractivity contribution is -0.147. The number of aromatic nitrogens is 1. The van der Waals surface area contributed by atoms with Gasteiger partial charge >= 0.3 is 11.9 Å². The molecule has 1 aromatic heterocycles. The topological polar surface area (TPSA) is 120 Å². The van der Waals surface area contributed by atoms with Gasteiger partial charge in [-0.05, 0) is 45.6 Å². The molecule has 1 N–H and O–H groups in total. The molecule has 2 heterocycles. The molecule has 0 unspecified atom stereocenters. The molecule has 0 bridgehead atoms. The number of carbonyl (C=O) groups is 3. The number of H-pyrrole nitrogens is 1. The zero-order valence-electron chi connectivity index (χ0n) is 16.0. The second-order valence-corrected chi connectivity index (χ2v) is 9.04. The van der Waals surface area contributed by atoms with Crippen molar-refractivity contribution in [2.24, 2.45) is 5.92 Å². The lowest BCUT2D eigenvalue weighted by Crippen LogP contribution is -2.26. The standard InChI is InChI=1S/C18H25NO7S/c1-5-25-18(22)15-10(2)16(19-11(15)3)17(21)12(4)26-14(20)8-13-6-7-27(23,24)9-13/h12-13,19H,5-9H2,1-4H3/t12-,13+/m0/s1. The number of nitrogens with one attached hydrogen (secondary N) is 1. The molecule has 1 aliphatic heterocycles. The fourth-order valence-corrected chi connectivity index (χ4v) is 5.14. The Morgan fingerprint density at radius 3 is 2.48 bits per heavy atom. The van der Waals surface area contributed by atoms with Crippen LogP contribution in [0.2, 0.25) is 0 Å². The Hall–Kier alpha value is -2.16. The van der Waals surface area contributed by atoms with Gasteiger partial charge in [-0.25, -0.2) is 13.2 Å². The first-order valence-corrected chi connectivity index (χ1v) is 10.7. The van der Waals surface area contributed by atoms with Gasteiger partial charge in [-0.1, -0.05) is 0 Å². The van der Waals surface area contributed by atoms with Gasteiger partial charge < -0.3 is 14.5 Å². The van der Waals surface area contributed by atoms with Crippen LogP contribution in [0.5, 0.6) is 0 Å². The second-order valence-electron chi connectivity index (χ2n) is 6.81. The van der Waals surface area contributed by atoms with Crippen molar-refractivity contribution in [3.05, 3.63) is 22.5 Å². The van der Waals surface area contributed by atoms with Crippen LogP contribution in [0, 0.1) is 19.8 Å². The van der Waals surface area contributed by atoms with E-state index in [0.29, 0.717) is 23.2 Å². The van der Waals surface area contributed by atoms with Crippen LogP contribution in [0.25, 0.3) is 0 Å². The smallest absolute Gasteiger partial charge is 0.340 e. The van der Waals surface area contributed by atoms with Crippen LogP contribution in [0.4, 0.5) is 0 Å². The van der Waals surface area contributed by atoms with Crippen molar-refractivity contribution in [3.63, 3.8) is 0 Å². The zero-order valence-corrected chi connectivity index (χ0v) is 16.8. The van der Waals surface area contributed by atoms with E-state index in [2.05, 4.69) is 4.98 Å². The zero-order chi connectivity index (χ0) is 20.4. The molecule has 9 heteroatoms. The van der Waals surface area contributed by atoms with Crippen LogP contribution in [-0.2, 0) is 24.1 Å². The predicted octanol–water partition coefficient (Wildman–Crippen LogP) is 1.75. The Labute approximate surface area is 158 Å². The van der Waals surface area contributed by atoms with Crippen molar-refractivity contribution in [2.45, 2.75) is 46.6 Å². The van der Waals surface area contributed by atoms with Crippen LogP contribution in [0.15, 0.2) is 0 Å². The van der Waals surface area contributed by atoms with Crippen LogP contribution < -0.4 is 0 Å². The van der Waals surface area contributed by atoms with Gasteiger partial charge in [0, 0.05) is 12.1 Å². The minimum absolute atomic E-state index is 0.0255. The summed E-state index contributed by atoms with van der Waals surface area (Å²) in [5.41, 5.74) is 1.44. The lowest BCUT2D eigenvalue weighted by atomic mass is 10.0. The van der Waals surface area contributed by atoms with Crippen molar-refractivity contribution in [1.82, 2.24) is 4.98 Å². The van der Waals surface area contributed by atoms with Gasteiger partial charge in [0.25, 0.3) is 0 Å². The molecule has 0 saturated carbocycles. The lowest BCUT2D eigenvalue weighted by Gasteiger charge is -2.14. The van der Waals surface area contributed by atoms with Crippen molar-refractivity contribution < 1.29 is 32.3 Å². The molecule has 27 heavy (non-hydrogen) atoms. The monoisotopic (exact) mass is 399 g/mol. The molecule has 2 rings (SSSR count). The Kier molecular flexibility index (Phi) is 6.46. The number of Topliss-reactive ketones (excluding diaryl/α,β-unsaturated/α-hetero) is 1. The Balaban J connectivity index is 2.04. The van der Waals surface area contributed by atoms with Gasteiger partial charge in [-0.3, -0.25) is 9.59 Å². The molecule has 0 amide bonds. The Bertz CT molecular complexity index is 853. The summed E-state index contributed by atoms with van der Waals surface area (Å²) in [7, 11) is -3.07. The molecule has 1 aliphatic rings. The van der Waals surface area contributed by atoms with E-state index in [4.69, 9.17) is 9.47 Å². The van der Waals surface area contributed by atoms with E-state index in [1.54, 1.807) is 20.8 Å². The summed E-state index contributed by atoms with van der Waals surface area (Å²) in [6.07, 6.45) is -0.659. The van der Waals surface area contributed by atoms with Crippen LogP contribution in [-0.4, -0.2) is 55.3 Å². The van der Waals surface area contributed by atoms with Crippen molar-refractivity contribution >= 4 is 27.6 Å². The maximum absolute atomic E-state index is 12.6. The third-order valence-electron chi connectivity index (χ3n) is 4.62. The number of sulfone groups is 1. The van der Waals surface area contributed by atoms with Gasteiger partial charge in [0.1, 0.15) is 0 Å².